The number of rotatable bonds is 3. The lowest BCUT2D eigenvalue weighted by molar-refractivity contribution is -0.171. The van der Waals surface area contributed by atoms with Gasteiger partial charge >= 0.3 is 0 Å². The maximum Gasteiger partial charge on any atom is 0.226 e. The largest absolute Gasteiger partial charge is 0.343 e. The summed E-state index contributed by atoms with van der Waals surface area (Å²) in [7, 11) is 0. The van der Waals surface area contributed by atoms with Crippen LogP contribution < -0.4 is 0 Å². The van der Waals surface area contributed by atoms with Crippen LogP contribution in [-0.4, -0.2) is 35.5 Å². The Kier molecular flexibility index (Phi) is 7.03. The molecule has 228 valence electrons. The molecule has 6 aliphatic rings. The third-order valence-corrected chi connectivity index (χ3v) is 14.2. The summed E-state index contributed by atoms with van der Waals surface area (Å²) >= 11 is 0. The highest BCUT2D eigenvalue weighted by molar-refractivity contribution is 6.01. The minimum Gasteiger partial charge on any atom is -0.343 e. The van der Waals surface area contributed by atoms with E-state index in [1.54, 1.807) is 0 Å². The summed E-state index contributed by atoms with van der Waals surface area (Å²) in [6.45, 7) is 23.3. The molecule has 0 N–H and O–H groups in total. The van der Waals surface area contributed by atoms with E-state index in [1.165, 1.54) is 12.0 Å². The Hall–Kier alpha value is -2.22. The molecule has 0 unspecified atom stereocenters. The van der Waals surface area contributed by atoms with E-state index in [9.17, 15) is 14.4 Å². The van der Waals surface area contributed by atoms with E-state index in [0.717, 1.165) is 77.3 Å². The quantitative estimate of drug-likeness (QED) is 0.322. The van der Waals surface area contributed by atoms with Gasteiger partial charge in [-0.05, 0) is 110 Å². The zero-order valence-electron chi connectivity index (χ0n) is 27.0. The van der Waals surface area contributed by atoms with Crippen molar-refractivity contribution >= 4 is 17.5 Å². The minimum absolute atomic E-state index is 0.0334. The molecule has 4 fully saturated rings. The van der Waals surface area contributed by atoms with Crippen LogP contribution in [0.25, 0.3) is 4.85 Å². The summed E-state index contributed by atoms with van der Waals surface area (Å²) in [5, 5.41) is 0. The number of amides is 1. The van der Waals surface area contributed by atoms with Gasteiger partial charge in [-0.3, -0.25) is 9.59 Å². The number of fused-ring (bicyclic) bond motifs is 7. The number of allylic oxidation sites excluding steroid dienone is 4. The third kappa shape index (κ3) is 4.16. The molecule has 42 heavy (non-hydrogen) atoms. The van der Waals surface area contributed by atoms with Gasteiger partial charge in [0.15, 0.2) is 11.6 Å². The van der Waals surface area contributed by atoms with E-state index in [1.807, 2.05) is 19.1 Å². The Morgan fingerprint density at radius 3 is 2.36 bits per heavy atom. The molecule has 0 aromatic rings. The van der Waals surface area contributed by atoms with Crippen LogP contribution in [0.1, 0.15) is 119 Å². The average molecular weight is 573 g/mol. The molecule has 0 radical (unpaired) electrons. The number of carbonyl (C=O) groups is 3. The molecule has 1 amide bonds. The number of nitrogens with zero attached hydrogens (tertiary/aromatic N) is 2. The van der Waals surface area contributed by atoms with Crippen molar-refractivity contribution in [3.8, 4) is 0 Å². The molecule has 5 aliphatic carbocycles. The molecule has 8 atom stereocenters. The predicted molar refractivity (Wildman–Crippen MR) is 165 cm³/mol. The molecule has 5 heteroatoms. The van der Waals surface area contributed by atoms with Gasteiger partial charge in [-0.15, -0.1) is 0 Å². The molecule has 1 heterocycles. The first kappa shape index (κ1) is 29.8. The number of carbonyl (C=O) groups excluding carboxylic acids is 3. The number of hydrogen-bond donors (Lipinski definition) is 0. The van der Waals surface area contributed by atoms with Gasteiger partial charge in [0.25, 0.3) is 0 Å². The molecule has 0 aromatic carbocycles. The molecule has 0 aromatic heterocycles. The van der Waals surface area contributed by atoms with Crippen LogP contribution in [0.5, 0.6) is 0 Å². The van der Waals surface area contributed by atoms with Gasteiger partial charge in [0, 0.05) is 36.8 Å². The summed E-state index contributed by atoms with van der Waals surface area (Å²) in [4.78, 5) is 46.8. The summed E-state index contributed by atoms with van der Waals surface area (Å²) in [6, 6.07) is 0. The third-order valence-electron chi connectivity index (χ3n) is 14.2. The molecule has 1 saturated heterocycles. The lowest BCUT2D eigenvalue weighted by atomic mass is 9.34. The molecule has 3 saturated carbocycles. The van der Waals surface area contributed by atoms with E-state index in [0.29, 0.717) is 12.3 Å². The minimum atomic E-state index is -0.453. The lowest BCUT2D eigenvalue weighted by Gasteiger charge is -2.69. The van der Waals surface area contributed by atoms with Gasteiger partial charge in [-0.2, -0.15) is 0 Å². The maximum absolute atomic E-state index is 14.6. The Morgan fingerprint density at radius 1 is 0.976 bits per heavy atom. The molecular weight excluding hydrogens is 520 g/mol. The molecule has 6 rings (SSSR count). The first-order valence-electron chi connectivity index (χ1n) is 16.9. The van der Waals surface area contributed by atoms with Gasteiger partial charge in [-0.1, -0.05) is 53.2 Å². The normalized spacial score (nSPS) is 44.5. The van der Waals surface area contributed by atoms with Gasteiger partial charge in [0.05, 0.1) is 6.57 Å². The second-order valence-electron chi connectivity index (χ2n) is 16.7. The van der Waals surface area contributed by atoms with E-state index >= 15 is 0 Å². The highest BCUT2D eigenvalue weighted by Gasteiger charge is 2.68. The van der Waals surface area contributed by atoms with Crippen molar-refractivity contribution in [1.82, 2.24) is 4.90 Å². The van der Waals surface area contributed by atoms with Crippen LogP contribution in [0, 0.1) is 57.3 Å². The van der Waals surface area contributed by atoms with Crippen molar-refractivity contribution in [3.05, 3.63) is 34.8 Å². The van der Waals surface area contributed by atoms with Crippen molar-refractivity contribution in [2.45, 2.75) is 119 Å². The second kappa shape index (κ2) is 9.90. The summed E-state index contributed by atoms with van der Waals surface area (Å²) < 4.78 is 0. The van der Waals surface area contributed by atoms with Gasteiger partial charge in [0.2, 0.25) is 11.6 Å². The SMILES string of the molecule is [C-]#[N+]C1=C[C@]2(C)C3=CC(=O)[C@@H]4[C@@H]5CC(C)(C)CC[C@]5(CCC(=O)N5CCCCC5)CC[C@@]4(C)[C@]3(C)CC[C@H]2[C@H](C)C1=O. The van der Waals surface area contributed by atoms with Crippen molar-refractivity contribution in [2.24, 2.45) is 50.7 Å². The van der Waals surface area contributed by atoms with Gasteiger partial charge in [0.1, 0.15) is 0 Å². The Labute approximate surface area is 253 Å². The fourth-order valence-corrected chi connectivity index (χ4v) is 11.4. The Morgan fingerprint density at radius 2 is 1.67 bits per heavy atom. The van der Waals surface area contributed by atoms with Crippen molar-refractivity contribution in [3.63, 3.8) is 0 Å². The van der Waals surface area contributed by atoms with Crippen molar-refractivity contribution < 1.29 is 14.4 Å². The van der Waals surface area contributed by atoms with Crippen molar-refractivity contribution in [1.29, 1.82) is 0 Å². The number of Topliss-reactive ketones (excluding diaryl/α,β-unsaturated/α-hetero) is 1. The first-order chi connectivity index (χ1) is 19.7. The monoisotopic (exact) mass is 572 g/mol. The van der Waals surface area contributed by atoms with Crippen LogP contribution in [0.2, 0.25) is 0 Å². The summed E-state index contributed by atoms with van der Waals surface area (Å²) in [6.07, 6.45) is 16.3. The maximum atomic E-state index is 14.6. The van der Waals surface area contributed by atoms with Gasteiger partial charge in [-0.25, -0.2) is 4.85 Å². The smallest absolute Gasteiger partial charge is 0.226 e. The van der Waals surface area contributed by atoms with Crippen LogP contribution >= 0.6 is 0 Å². The topological polar surface area (TPSA) is 58.8 Å². The zero-order valence-corrected chi connectivity index (χ0v) is 27.0. The second-order valence-corrected chi connectivity index (χ2v) is 16.7. The molecule has 5 nitrogen and oxygen atoms in total. The number of likely N-dealkylation sites (tertiary alicyclic amines) is 1. The van der Waals surface area contributed by atoms with E-state index in [-0.39, 0.29) is 62.6 Å². The van der Waals surface area contributed by atoms with Gasteiger partial charge < -0.3 is 9.69 Å². The fraction of sp³-hybridized carbons (Fsp3) is 0.784. The molecule has 0 spiro atoms. The van der Waals surface area contributed by atoms with Crippen LogP contribution in [0.3, 0.4) is 0 Å². The van der Waals surface area contributed by atoms with E-state index < -0.39 is 5.41 Å². The molecular formula is C37H52N2O3. The van der Waals surface area contributed by atoms with E-state index in [4.69, 9.17) is 6.57 Å². The lowest BCUT2D eigenvalue weighted by Crippen LogP contribution is -2.64. The van der Waals surface area contributed by atoms with Crippen molar-refractivity contribution in [2.75, 3.05) is 13.1 Å². The van der Waals surface area contributed by atoms with E-state index in [2.05, 4.69) is 44.4 Å². The Balaban J connectivity index is 1.39. The number of piperidine rings is 1. The van der Waals surface area contributed by atoms with Crippen LogP contribution in [0.4, 0.5) is 0 Å². The van der Waals surface area contributed by atoms with Crippen LogP contribution in [-0.2, 0) is 14.4 Å². The highest BCUT2D eigenvalue weighted by Crippen LogP contribution is 2.74. The summed E-state index contributed by atoms with van der Waals surface area (Å²) in [5.41, 5.74) is 0.858. The average Bonchev–Trinajstić information content (AvgIpc) is 2.95. The number of hydrogen-bond acceptors (Lipinski definition) is 3. The fourth-order valence-electron chi connectivity index (χ4n) is 11.4. The molecule has 1 aliphatic heterocycles. The molecule has 0 bridgehead atoms. The zero-order chi connectivity index (χ0) is 30.3. The number of ketones is 2. The predicted octanol–water partition coefficient (Wildman–Crippen LogP) is 7.96. The van der Waals surface area contributed by atoms with Crippen LogP contribution in [0.15, 0.2) is 23.4 Å². The highest BCUT2D eigenvalue weighted by atomic mass is 16.2. The standard InChI is InChI=1S/C37H52N2O3/c1-24-25-11-13-35(5)29(34(25,4)23-27(38-7)32(24)42)21-28(40)31-26-22-33(2,3)15-17-37(26,18-16-36(31,35)6)14-12-30(41)39-19-9-8-10-20-39/h21,23-26,31H,8-20,22H2,1-6H3/t24-,25-,26-,31-,34-,35+,36+,37+/m0/s1. The first-order valence-corrected chi connectivity index (χ1v) is 16.9. The summed E-state index contributed by atoms with van der Waals surface area (Å²) in [5.74, 6) is 0.710. The Bertz CT molecular complexity index is 1300.